The smallest absolute Gasteiger partial charge is 0.317 e. The molecule has 0 unspecified atom stereocenters. The molecule has 21 heavy (non-hydrogen) atoms. The minimum Gasteiger partial charge on any atom is -0.481 e. The second-order valence-corrected chi connectivity index (χ2v) is 5.88. The molecule has 7 nitrogen and oxygen atoms in total. The fraction of sp³-hybridized carbons (Fsp3) is 0.857. The largest absolute Gasteiger partial charge is 0.481 e. The van der Waals surface area contributed by atoms with E-state index in [2.05, 4.69) is 10.2 Å². The van der Waals surface area contributed by atoms with Gasteiger partial charge < -0.3 is 25.0 Å². The first-order chi connectivity index (χ1) is 9.89. The van der Waals surface area contributed by atoms with Crippen molar-refractivity contribution in [1.29, 1.82) is 0 Å². The summed E-state index contributed by atoms with van der Waals surface area (Å²) in [5.74, 6) is -0.776. The van der Waals surface area contributed by atoms with E-state index in [-0.39, 0.29) is 6.03 Å². The number of likely N-dealkylation sites (N-methyl/N-ethyl adjacent to an activating group) is 1. The Morgan fingerprint density at radius 1 is 1.33 bits per heavy atom. The number of likely N-dealkylation sites (tertiary alicyclic amines) is 1. The van der Waals surface area contributed by atoms with Gasteiger partial charge in [0.2, 0.25) is 0 Å². The highest BCUT2D eigenvalue weighted by atomic mass is 16.5. The van der Waals surface area contributed by atoms with Crippen LogP contribution >= 0.6 is 0 Å². The summed E-state index contributed by atoms with van der Waals surface area (Å²) >= 11 is 0. The SMILES string of the molecule is COCCN(C)CCNC(=O)N1CCC(C)(C(=O)O)CC1. The van der Waals surface area contributed by atoms with E-state index in [1.165, 1.54) is 0 Å². The van der Waals surface area contributed by atoms with Crippen LogP contribution in [-0.4, -0.2) is 80.4 Å². The number of nitrogens with zero attached hydrogens (tertiary/aromatic N) is 2. The summed E-state index contributed by atoms with van der Waals surface area (Å²) in [5.41, 5.74) is -0.697. The van der Waals surface area contributed by atoms with E-state index in [1.54, 1.807) is 18.9 Å². The number of carbonyl (C=O) groups excluding carboxylic acids is 1. The van der Waals surface area contributed by atoms with Crippen LogP contribution in [0.25, 0.3) is 0 Å². The number of carboxylic acid groups (broad SMARTS) is 1. The van der Waals surface area contributed by atoms with Crippen molar-refractivity contribution in [2.45, 2.75) is 19.8 Å². The topological polar surface area (TPSA) is 82.1 Å². The maximum atomic E-state index is 12.0. The average Bonchev–Trinajstić information content (AvgIpc) is 2.45. The average molecular weight is 301 g/mol. The Balaban J connectivity index is 2.24. The van der Waals surface area contributed by atoms with Gasteiger partial charge in [0.05, 0.1) is 12.0 Å². The van der Waals surface area contributed by atoms with Gasteiger partial charge in [0.25, 0.3) is 0 Å². The van der Waals surface area contributed by atoms with Crippen molar-refractivity contribution in [1.82, 2.24) is 15.1 Å². The molecule has 0 aromatic heterocycles. The van der Waals surface area contributed by atoms with E-state index in [1.807, 2.05) is 7.05 Å². The highest BCUT2D eigenvalue weighted by Gasteiger charge is 2.37. The lowest BCUT2D eigenvalue weighted by molar-refractivity contribution is -0.150. The summed E-state index contributed by atoms with van der Waals surface area (Å²) in [5, 5.41) is 12.0. The maximum Gasteiger partial charge on any atom is 0.317 e. The molecule has 0 aromatic rings. The zero-order valence-electron chi connectivity index (χ0n) is 13.2. The van der Waals surface area contributed by atoms with Crippen LogP contribution < -0.4 is 5.32 Å². The third-order valence-electron chi connectivity index (χ3n) is 4.12. The summed E-state index contributed by atoms with van der Waals surface area (Å²) in [6.07, 6.45) is 1.01. The second kappa shape index (κ2) is 8.19. The first-order valence-electron chi connectivity index (χ1n) is 7.33. The Morgan fingerprint density at radius 2 is 1.95 bits per heavy atom. The van der Waals surface area contributed by atoms with Gasteiger partial charge in [-0.15, -0.1) is 0 Å². The molecule has 2 N–H and O–H groups in total. The third kappa shape index (κ3) is 5.51. The van der Waals surface area contributed by atoms with Gasteiger partial charge in [0, 0.05) is 39.8 Å². The number of amides is 2. The van der Waals surface area contributed by atoms with Gasteiger partial charge in [-0.05, 0) is 26.8 Å². The molecule has 0 aliphatic carbocycles. The highest BCUT2D eigenvalue weighted by Crippen LogP contribution is 2.30. The maximum absolute atomic E-state index is 12.0. The molecule has 1 aliphatic heterocycles. The molecule has 0 saturated carbocycles. The fourth-order valence-electron chi connectivity index (χ4n) is 2.24. The van der Waals surface area contributed by atoms with E-state index in [4.69, 9.17) is 9.84 Å². The van der Waals surface area contributed by atoms with Crippen LogP contribution in [-0.2, 0) is 9.53 Å². The number of urea groups is 1. The Hall–Kier alpha value is -1.34. The molecule has 1 rings (SSSR count). The molecule has 122 valence electrons. The number of nitrogens with one attached hydrogen (secondary N) is 1. The van der Waals surface area contributed by atoms with Crippen molar-refractivity contribution in [2.24, 2.45) is 5.41 Å². The summed E-state index contributed by atoms with van der Waals surface area (Å²) in [7, 11) is 3.64. The normalized spacial score (nSPS) is 17.8. The predicted molar refractivity (Wildman–Crippen MR) is 79.3 cm³/mol. The van der Waals surface area contributed by atoms with Crippen molar-refractivity contribution < 1.29 is 19.4 Å². The number of piperidine rings is 1. The molecule has 0 radical (unpaired) electrons. The van der Waals surface area contributed by atoms with Crippen LogP contribution in [0, 0.1) is 5.41 Å². The first kappa shape index (κ1) is 17.7. The zero-order valence-corrected chi connectivity index (χ0v) is 13.2. The van der Waals surface area contributed by atoms with Gasteiger partial charge in [-0.1, -0.05) is 0 Å². The molecule has 0 atom stereocenters. The summed E-state index contributed by atoms with van der Waals surface area (Å²) in [6, 6.07) is -0.109. The number of hydrogen-bond acceptors (Lipinski definition) is 4. The quantitative estimate of drug-likeness (QED) is 0.714. The molecule has 7 heteroatoms. The highest BCUT2D eigenvalue weighted by molar-refractivity contribution is 5.76. The lowest BCUT2D eigenvalue weighted by atomic mass is 9.80. The number of rotatable bonds is 7. The molecule has 1 fully saturated rings. The molecule has 1 saturated heterocycles. The van der Waals surface area contributed by atoms with E-state index in [0.29, 0.717) is 39.1 Å². The van der Waals surface area contributed by atoms with Crippen molar-refractivity contribution in [3.8, 4) is 0 Å². The van der Waals surface area contributed by atoms with E-state index < -0.39 is 11.4 Å². The van der Waals surface area contributed by atoms with Crippen LogP contribution in [0.5, 0.6) is 0 Å². The van der Waals surface area contributed by atoms with Crippen molar-refractivity contribution >= 4 is 12.0 Å². The molecular formula is C14H27N3O4. The second-order valence-electron chi connectivity index (χ2n) is 5.88. The van der Waals surface area contributed by atoms with Crippen LogP contribution in [0.4, 0.5) is 4.79 Å². The van der Waals surface area contributed by atoms with Crippen LogP contribution in [0.15, 0.2) is 0 Å². The van der Waals surface area contributed by atoms with E-state index in [9.17, 15) is 9.59 Å². The first-order valence-corrected chi connectivity index (χ1v) is 7.33. The summed E-state index contributed by atoms with van der Waals surface area (Å²) < 4.78 is 4.99. The van der Waals surface area contributed by atoms with Gasteiger partial charge in [-0.25, -0.2) is 4.79 Å². The van der Waals surface area contributed by atoms with Crippen molar-refractivity contribution in [3.63, 3.8) is 0 Å². The van der Waals surface area contributed by atoms with Gasteiger partial charge >= 0.3 is 12.0 Å². The Bertz CT molecular complexity index is 354. The number of carboxylic acids is 1. The summed E-state index contributed by atoms with van der Waals surface area (Å²) in [4.78, 5) is 26.9. The fourth-order valence-corrected chi connectivity index (χ4v) is 2.24. The summed E-state index contributed by atoms with van der Waals surface area (Å²) in [6.45, 7) is 5.57. The molecular weight excluding hydrogens is 274 g/mol. The van der Waals surface area contributed by atoms with Crippen LogP contribution in [0.1, 0.15) is 19.8 Å². The monoisotopic (exact) mass is 301 g/mol. The molecule has 1 heterocycles. The third-order valence-corrected chi connectivity index (χ3v) is 4.12. The molecule has 0 bridgehead atoms. The van der Waals surface area contributed by atoms with Gasteiger partial charge in [0.1, 0.15) is 0 Å². The van der Waals surface area contributed by atoms with Gasteiger partial charge in [-0.3, -0.25) is 4.79 Å². The Kier molecular flexibility index (Phi) is 6.91. The number of carbonyl (C=O) groups is 2. The van der Waals surface area contributed by atoms with Crippen LogP contribution in [0.2, 0.25) is 0 Å². The molecule has 0 spiro atoms. The van der Waals surface area contributed by atoms with Gasteiger partial charge in [-0.2, -0.15) is 0 Å². The molecule has 1 aliphatic rings. The lowest BCUT2D eigenvalue weighted by Gasteiger charge is -2.36. The minimum atomic E-state index is -0.776. The van der Waals surface area contributed by atoms with Crippen LogP contribution in [0.3, 0.4) is 0 Å². The van der Waals surface area contributed by atoms with Crippen molar-refractivity contribution in [2.75, 3.05) is 53.5 Å². The van der Waals surface area contributed by atoms with Crippen molar-refractivity contribution in [3.05, 3.63) is 0 Å². The molecule has 2 amide bonds. The van der Waals surface area contributed by atoms with E-state index >= 15 is 0 Å². The number of hydrogen-bond donors (Lipinski definition) is 2. The number of ether oxygens (including phenoxy) is 1. The number of aliphatic carboxylic acids is 1. The zero-order chi connectivity index (χ0) is 15.9. The minimum absolute atomic E-state index is 0.109. The Morgan fingerprint density at radius 3 is 2.48 bits per heavy atom. The standard InChI is InChI=1S/C14H27N3O4/c1-14(12(18)19)4-7-17(8-5-14)13(20)15-6-9-16(2)10-11-21-3/h4-11H2,1-3H3,(H,15,20)(H,18,19). The number of methoxy groups -OCH3 is 1. The van der Waals surface area contributed by atoms with E-state index in [0.717, 1.165) is 13.1 Å². The predicted octanol–water partition coefficient (Wildman–Crippen LogP) is 0.461. The molecule has 0 aromatic carbocycles. The van der Waals surface area contributed by atoms with Gasteiger partial charge in [0.15, 0.2) is 0 Å². The lowest BCUT2D eigenvalue weighted by Crippen LogP contribution is -2.49. The Labute approximate surface area is 126 Å².